The number of rotatable bonds is 5. The largest absolute Gasteiger partial charge is 0.379 e. The molecular weight excluding hydrogens is 178 g/mol. The maximum Gasteiger partial charge on any atom is 0.127 e. The predicted molar refractivity (Wildman–Crippen MR) is 56.3 cm³/mol. The van der Waals surface area contributed by atoms with Crippen LogP contribution in [0.5, 0.6) is 0 Å². The molecule has 3 heteroatoms. The summed E-state index contributed by atoms with van der Waals surface area (Å²) in [6.45, 7) is 8.61. The molecule has 0 aromatic carbocycles. The van der Waals surface area contributed by atoms with Gasteiger partial charge in [0, 0.05) is 25.0 Å². The molecule has 1 rings (SSSR count). The van der Waals surface area contributed by atoms with Gasteiger partial charge in [-0.3, -0.25) is 4.90 Å². The minimum absolute atomic E-state index is 0.161. The maximum atomic E-state index is 11.0. The molecule has 3 nitrogen and oxygen atoms in total. The first-order valence-electron chi connectivity index (χ1n) is 5.46. The summed E-state index contributed by atoms with van der Waals surface area (Å²) in [6.07, 6.45) is 3.17. The number of carbonyl (C=O) groups is 1. The molecule has 0 saturated carbocycles. The highest BCUT2D eigenvalue weighted by Crippen LogP contribution is 2.22. The third-order valence-electron chi connectivity index (χ3n) is 2.79. The van der Waals surface area contributed by atoms with Crippen LogP contribution in [0.2, 0.25) is 0 Å². The summed E-state index contributed by atoms with van der Waals surface area (Å²) in [4.78, 5) is 13.4. The fourth-order valence-corrected chi connectivity index (χ4v) is 2.02. The average Bonchev–Trinajstić information content (AvgIpc) is 2.20. The average molecular weight is 199 g/mol. The van der Waals surface area contributed by atoms with Gasteiger partial charge in [0.1, 0.15) is 6.29 Å². The summed E-state index contributed by atoms with van der Waals surface area (Å²) < 4.78 is 5.28. The number of ether oxygens (including phenoxy) is 1. The quantitative estimate of drug-likeness (QED) is 0.625. The minimum atomic E-state index is -0.161. The number of carbonyl (C=O) groups excluding carboxylic acids is 1. The molecule has 1 unspecified atom stereocenters. The van der Waals surface area contributed by atoms with Crippen molar-refractivity contribution in [3.63, 3.8) is 0 Å². The van der Waals surface area contributed by atoms with E-state index in [1.165, 1.54) is 0 Å². The van der Waals surface area contributed by atoms with Gasteiger partial charge in [-0.05, 0) is 6.42 Å². The minimum Gasteiger partial charge on any atom is -0.379 e. The van der Waals surface area contributed by atoms with E-state index in [0.29, 0.717) is 0 Å². The second kappa shape index (κ2) is 5.47. The van der Waals surface area contributed by atoms with Gasteiger partial charge in [0.25, 0.3) is 0 Å². The molecule has 0 aromatic heterocycles. The highest BCUT2D eigenvalue weighted by Gasteiger charge is 2.26. The number of hydrogen-bond acceptors (Lipinski definition) is 3. The van der Waals surface area contributed by atoms with E-state index in [0.717, 1.165) is 52.0 Å². The fourth-order valence-electron chi connectivity index (χ4n) is 2.02. The summed E-state index contributed by atoms with van der Waals surface area (Å²) >= 11 is 0. The smallest absolute Gasteiger partial charge is 0.127 e. The van der Waals surface area contributed by atoms with Crippen molar-refractivity contribution in [2.24, 2.45) is 5.41 Å². The Morgan fingerprint density at radius 3 is 2.57 bits per heavy atom. The van der Waals surface area contributed by atoms with Gasteiger partial charge in [0.05, 0.1) is 13.2 Å². The van der Waals surface area contributed by atoms with Crippen LogP contribution in [0.4, 0.5) is 0 Å². The Hall–Kier alpha value is -0.410. The van der Waals surface area contributed by atoms with Crippen molar-refractivity contribution in [1.29, 1.82) is 0 Å². The van der Waals surface area contributed by atoms with E-state index in [9.17, 15) is 4.79 Å². The number of nitrogens with zero attached hydrogens (tertiary/aromatic N) is 1. The third kappa shape index (κ3) is 3.39. The first-order chi connectivity index (χ1) is 6.70. The lowest BCUT2D eigenvalue weighted by atomic mass is 9.86. The molecule has 0 aliphatic carbocycles. The first kappa shape index (κ1) is 11.7. The topological polar surface area (TPSA) is 29.5 Å². The van der Waals surface area contributed by atoms with Gasteiger partial charge in [-0.2, -0.15) is 0 Å². The van der Waals surface area contributed by atoms with Crippen LogP contribution in [0.3, 0.4) is 0 Å². The van der Waals surface area contributed by atoms with Crippen LogP contribution >= 0.6 is 0 Å². The molecule has 1 heterocycles. The van der Waals surface area contributed by atoms with Crippen molar-refractivity contribution >= 4 is 6.29 Å². The lowest BCUT2D eigenvalue weighted by Crippen LogP contribution is -2.43. The SMILES string of the molecule is CCCC(C)(C=O)CN1CCOCC1. The normalized spacial score (nSPS) is 23.0. The van der Waals surface area contributed by atoms with Crippen molar-refractivity contribution in [1.82, 2.24) is 4.90 Å². The van der Waals surface area contributed by atoms with Crippen LogP contribution < -0.4 is 0 Å². The van der Waals surface area contributed by atoms with Gasteiger partial charge in [0.2, 0.25) is 0 Å². The molecule has 0 spiro atoms. The summed E-state index contributed by atoms with van der Waals surface area (Å²) in [7, 11) is 0. The summed E-state index contributed by atoms with van der Waals surface area (Å²) in [6, 6.07) is 0. The fraction of sp³-hybridized carbons (Fsp3) is 0.909. The highest BCUT2D eigenvalue weighted by molar-refractivity contribution is 5.58. The molecule has 0 bridgehead atoms. The molecule has 0 aromatic rings. The second-order valence-corrected chi connectivity index (χ2v) is 4.41. The van der Waals surface area contributed by atoms with Gasteiger partial charge in [-0.15, -0.1) is 0 Å². The molecule has 0 amide bonds. The Bertz CT molecular complexity index is 178. The van der Waals surface area contributed by atoms with Crippen LogP contribution in [-0.2, 0) is 9.53 Å². The summed E-state index contributed by atoms with van der Waals surface area (Å²) in [5, 5.41) is 0. The first-order valence-corrected chi connectivity index (χ1v) is 5.46. The maximum absolute atomic E-state index is 11.0. The number of hydrogen-bond donors (Lipinski definition) is 0. The molecule has 1 fully saturated rings. The number of aldehydes is 1. The van der Waals surface area contributed by atoms with Gasteiger partial charge >= 0.3 is 0 Å². The van der Waals surface area contributed by atoms with E-state index < -0.39 is 0 Å². The van der Waals surface area contributed by atoms with Crippen LogP contribution in [-0.4, -0.2) is 44.0 Å². The molecular formula is C11H21NO2. The molecule has 1 saturated heterocycles. The Balaban J connectivity index is 2.41. The van der Waals surface area contributed by atoms with E-state index in [-0.39, 0.29) is 5.41 Å². The van der Waals surface area contributed by atoms with Crippen LogP contribution in [0, 0.1) is 5.41 Å². The van der Waals surface area contributed by atoms with Crippen LogP contribution in [0.15, 0.2) is 0 Å². The molecule has 0 N–H and O–H groups in total. The summed E-state index contributed by atoms with van der Waals surface area (Å²) in [5.74, 6) is 0. The van der Waals surface area contributed by atoms with E-state index in [1.807, 2.05) is 0 Å². The third-order valence-corrected chi connectivity index (χ3v) is 2.79. The lowest BCUT2D eigenvalue weighted by Gasteiger charge is -2.33. The zero-order chi connectivity index (χ0) is 10.4. The highest BCUT2D eigenvalue weighted by atomic mass is 16.5. The van der Waals surface area contributed by atoms with Crippen molar-refractivity contribution in [3.8, 4) is 0 Å². The Labute approximate surface area is 86.4 Å². The van der Waals surface area contributed by atoms with Crippen molar-refractivity contribution in [2.75, 3.05) is 32.8 Å². The van der Waals surface area contributed by atoms with Gasteiger partial charge in [0.15, 0.2) is 0 Å². The van der Waals surface area contributed by atoms with Crippen LogP contribution in [0.25, 0.3) is 0 Å². The van der Waals surface area contributed by atoms with Crippen molar-refractivity contribution in [2.45, 2.75) is 26.7 Å². The monoisotopic (exact) mass is 199 g/mol. The van der Waals surface area contributed by atoms with Crippen molar-refractivity contribution < 1.29 is 9.53 Å². The zero-order valence-electron chi connectivity index (χ0n) is 9.29. The number of morpholine rings is 1. The summed E-state index contributed by atoms with van der Waals surface area (Å²) in [5.41, 5.74) is -0.161. The molecule has 1 aliphatic rings. The molecule has 82 valence electrons. The molecule has 0 radical (unpaired) electrons. The molecule has 1 atom stereocenters. The van der Waals surface area contributed by atoms with Crippen molar-refractivity contribution in [3.05, 3.63) is 0 Å². The zero-order valence-corrected chi connectivity index (χ0v) is 9.29. The van der Waals surface area contributed by atoms with Gasteiger partial charge in [-0.1, -0.05) is 20.3 Å². The Kier molecular flexibility index (Phi) is 4.55. The predicted octanol–water partition coefficient (Wildman–Crippen LogP) is 1.32. The Morgan fingerprint density at radius 1 is 1.43 bits per heavy atom. The van der Waals surface area contributed by atoms with Crippen LogP contribution in [0.1, 0.15) is 26.7 Å². The van der Waals surface area contributed by atoms with E-state index in [2.05, 4.69) is 18.7 Å². The molecule has 14 heavy (non-hydrogen) atoms. The lowest BCUT2D eigenvalue weighted by molar-refractivity contribution is -0.117. The van der Waals surface area contributed by atoms with Gasteiger partial charge in [-0.25, -0.2) is 0 Å². The van der Waals surface area contributed by atoms with Gasteiger partial charge < -0.3 is 9.53 Å². The van der Waals surface area contributed by atoms with E-state index in [4.69, 9.17) is 4.74 Å². The molecule has 1 aliphatic heterocycles. The van der Waals surface area contributed by atoms with E-state index >= 15 is 0 Å². The standard InChI is InChI=1S/C11H21NO2/c1-3-4-11(2,10-13)9-12-5-7-14-8-6-12/h10H,3-9H2,1-2H3. The van der Waals surface area contributed by atoms with E-state index in [1.54, 1.807) is 0 Å². The second-order valence-electron chi connectivity index (χ2n) is 4.41. The Morgan fingerprint density at radius 2 is 2.07 bits per heavy atom.